The van der Waals surface area contributed by atoms with Gasteiger partial charge < -0.3 is 10.5 Å². The molecule has 0 unspecified atom stereocenters. The SMILES string of the molecule is C[C@@H](N)c1c(F)cccc1OCCc1cccs1. The molecule has 1 aromatic heterocycles. The molecule has 0 amide bonds. The molecule has 2 nitrogen and oxygen atoms in total. The topological polar surface area (TPSA) is 35.2 Å². The number of halogens is 1. The van der Waals surface area contributed by atoms with Crippen molar-refractivity contribution in [3.05, 3.63) is 52.0 Å². The molecule has 0 saturated heterocycles. The second-order valence-electron chi connectivity index (χ2n) is 4.12. The fourth-order valence-corrected chi connectivity index (χ4v) is 2.49. The molecule has 0 aliphatic carbocycles. The number of hydrogen-bond donors (Lipinski definition) is 1. The van der Waals surface area contributed by atoms with E-state index >= 15 is 0 Å². The van der Waals surface area contributed by atoms with E-state index in [0.29, 0.717) is 17.9 Å². The Morgan fingerprint density at radius 3 is 2.83 bits per heavy atom. The van der Waals surface area contributed by atoms with Crippen LogP contribution in [-0.2, 0) is 6.42 Å². The summed E-state index contributed by atoms with van der Waals surface area (Å²) < 4.78 is 19.3. The first-order valence-corrected chi connectivity index (χ1v) is 6.75. The van der Waals surface area contributed by atoms with Gasteiger partial charge in [-0.05, 0) is 30.5 Å². The van der Waals surface area contributed by atoms with Crippen molar-refractivity contribution in [1.82, 2.24) is 0 Å². The van der Waals surface area contributed by atoms with Crippen molar-refractivity contribution in [1.29, 1.82) is 0 Å². The highest BCUT2D eigenvalue weighted by Crippen LogP contribution is 2.26. The van der Waals surface area contributed by atoms with Crippen molar-refractivity contribution >= 4 is 11.3 Å². The highest BCUT2D eigenvalue weighted by atomic mass is 32.1. The molecule has 2 rings (SSSR count). The minimum absolute atomic E-state index is 0.307. The standard InChI is InChI=1S/C14H16FNOS/c1-10(16)14-12(15)5-2-6-13(14)17-8-7-11-4-3-9-18-11/h2-6,9-10H,7-8,16H2,1H3/t10-/m1/s1. The van der Waals surface area contributed by atoms with Gasteiger partial charge in [-0.25, -0.2) is 4.39 Å². The van der Waals surface area contributed by atoms with Crippen molar-refractivity contribution in [2.45, 2.75) is 19.4 Å². The molecule has 2 aromatic rings. The fraction of sp³-hybridized carbons (Fsp3) is 0.286. The third-order valence-electron chi connectivity index (χ3n) is 2.65. The zero-order valence-electron chi connectivity index (χ0n) is 10.2. The van der Waals surface area contributed by atoms with E-state index in [1.807, 2.05) is 11.4 Å². The molecule has 96 valence electrons. The summed E-state index contributed by atoms with van der Waals surface area (Å²) in [6.07, 6.45) is 0.826. The number of ether oxygens (including phenoxy) is 1. The van der Waals surface area contributed by atoms with Gasteiger partial charge in [-0.2, -0.15) is 0 Å². The average Bonchev–Trinajstić information content (AvgIpc) is 2.81. The summed E-state index contributed by atoms with van der Waals surface area (Å²) in [5.41, 5.74) is 6.21. The maximum Gasteiger partial charge on any atom is 0.131 e. The van der Waals surface area contributed by atoms with Crippen LogP contribution >= 0.6 is 11.3 Å². The van der Waals surface area contributed by atoms with Gasteiger partial charge in [0, 0.05) is 22.9 Å². The third kappa shape index (κ3) is 3.09. The Morgan fingerprint density at radius 1 is 1.33 bits per heavy atom. The van der Waals surface area contributed by atoms with E-state index in [4.69, 9.17) is 10.5 Å². The first-order chi connectivity index (χ1) is 8.68. The smallest absolute Gasteiger partial charge is 0.131 e. The van der Waals surface area contributed by atoms with Crippen LogP contribution < -0.4 is 10.5 Å². The molecule has 0 bridgehead atoms. The predicted octanol–water partition coefficient (Wildman–Crippen LogP) is 3.53. The molecule has 1 aromatic carbocycles. The first-order valence-electron chi connectivity index (χ1n) is 5.87. The number of hydrogen-bond acceptors (Lipinski definition) is 3. The molecule has 0 radical (unpaired) electrons. The number of rotatable bonds is 5. The monoisotopic (exact) mass is 265 g/mol. The lowest BCUT2D eigenvalue weighted by Gasteiger charge is -2.14. The first kappa shape index (κ1) is 13.1. The quantitative estimate of drug-likeness (QED) is 0.897. The van der Waals surface area contributed by atoms with Gasteiger partial charge in [0.15, 0.2) is 0 Å². The molecular formula is C14H16FNOS. The lowest BCUT2D eigenvalue weighted by Crippen LogP contribution is -2.11. The summed E-state index contributed by atoms with van der Waals surface area (Å²) in [5, 5.41) is 2.03. The largest absolute Gasteiger partial charge is 0.493 e. The summed E-state index contributed by atoms with van der Waals surface area (Å²) in [6, 6.07) is 8.51. The zero-order chi connectivity index (χ0) is 13.0. The van der Waals surface area contributed by atoms with Gasteiger partial charge in [0.25, 0.3) is 0 Å². The van der Waals surface area contributed by atoms with Crippen LogP contribution in [0.25, 0.3) is 0 Å². The van der Waals surface area contributed by atoms with Gasteiger partial charge in [0.2, 0.25) is 0 Å². The van der Waals surface area contributed by atoms with Crippen LogP contribution in [0.2, 0.25) is 0 Å². The van der Waals surface area contributed by atoms with E-state index in [0.717, 1.165) is 6.42 Å². The molecule has 4 heteroatoms. The van der Waals surface area contributed by atoms with E-state index in [2.05, 4.69) is 6.07 Å². The molecule has 2 N–H and O–H groups in total. The normalized spacial score (nSPS) is 12.4. The van der Waals surface area contributed by atoms with Crippen LogP contribution in [0.15, 0.2) is 35.7 Å². The maximum atomic E-state index is 13.6. The summed E-state index contributed by atoms with van der Waals surface area (Å²) in [7, 11) is 0. The number of thiophene rings is 1. The van der Waals surface area contributed by atoms with E-state index in [1.165, 1.54) is 10.9 Å². The molecular weight excluding hydrogens is 249 g/mol. The Kier molecular flexibility index (Phi) is 4.33. The maximum absolute atomic E-state index is 13.6. The Bertz CT molecular complexity index is 497. The van der Waals surface area contributed by atoms with Crippen LogP contribution in [0, 0.1) is 5.82 Å². The highest BCUT2D eigenvalue weighted by molar-refractivity contribution is 7.09. The summed E-state index contributed by atoms with van der Waals surface area (Å²) in [5.74, 6) is 0.236. The Morgan fingerprint density at radius 2 is 2.17 bits per heavy atom. The minimum atomic E-state index is -0.372. The second-order valence-corrected chi connectivity index (χ2v) is 5.15. The Labute approximate surface area is 110 Å². The summed E-state index contributed by atoms with van der Waals surface area (Å²) >= 11 is 1.69. The molecule has 0 fully saturated rings. The minimum Gasteiger partial charge on any atom is -0.493 e. The van der Waals surface area contributed by atoms with Crippen LogP contribution in [0.4, 0.5) is 4.39 Å². The van der Waals surface area contributed by atoms with E-state index in [9.17, 15) is 4.39 Å². The lowest BCUT2D eigenvalue weighted by molar-refractivity contribution is 0.315. The van der Waals surface area contributed by atoms with Gasteiger partial charge in [-0.1, -0.05) is 12.1 Å². The van der Waals surface area contributed by atoms with Crippen LogP contribution in [0.5, 0.6) is 5.75 Å². The predicted molar refractivity (Wildman–Crippen MR) is 72.5 cm³/mol. The molecule has 0 saturated carbocycles. The van der Waals surface area contributed by atoms with Crippen molar-refractivity contribution in [3.63, 3.8) is 0 Å². The second kappa shape index (κ2) is 5.98. The van der Waals surface area contributed by atoms with Crippen LogP contribution in [-0.4, -0.2) is 6.61 Å². The third-order valence-corrected chi connectivity index (χ3v) is 3.59. The van der Waals surface area contributed by atoms with E-state index in [-0.39, 0.29) is 11.9 Å². The molecule has 0 aliphatic rings. The average molecular weight is 265 g/mol. The van der Waals surface area contributed by atoms with Crippen molar-refractivity contribution in [2.75, 3.05) is 6.61 Å². The molecule has 1 atom stereocenters. The van der Waals surface area contributed by atoms with Gasteiger partial charge >= 0.3 is 0 Å². The highest BCUT2D eigenvalue weighted by Gasteiger charge is 2.13. The van der Waals surface area contributed by atoms with Gasteiger partial charge in [-0.15, -0.1) is 11.3 Å². The van der Waals surface area contributed by atoms with Gasteiger partial charge in [0.1, 0.15) is 11.6 Å². The zero-order valence-corrected chi connectivity index (χ0v) is 11.0. The molecule has 0 spiro atoms. The molecule has 18 heavy (non-hydrogen) atoms. The summed E-state index contributed by atoms with van der Waals surface area (Å²) in [6.45, 7) is 2.29. The van der Waals surface area contributed by atoms with E-state index in [1.54, 1.807) is 30.4 Å². The fourth-order valence-electron chi connectivity index (χ4n) is 1.80. The van der Waals surface area contributed by atoms with Crippen molar-refractivity contribution in [2.24, 2.45) is 5.73 Å². The number of benzene rings is 1. The van der Waals surface area contributed by atoms with E-state index < -0.39 is 0 Å². The summed E-state index contributed by atoms with van der Waals surface area (Å²) in [4.78, 5) is 1.26. The lowest BCUT2D eigenvalue weighted by atomic mass is 10.1. The van der Waals surface area contributed by atoms with Gasteiger partial charge in [0.05, 0.1) is 6.61 Å². The molecule has 0 aliphatic heterocycles. The molecule has 1 heterocycles. The van der Waals surface area contributed by atoms with Gasteiger partial charge in [-0.3, -0.25) is 0 Å². The van der Waals surface area contributed by atoms with Crippen molar-refractivity contribution < 1.29 is 9.13 Å². The Hall–Kier alpha value is -1.39. The van der Waals surface area contributed by atoms with Crippen molar-refractivity contribution in [3.8, 4) is 5.75 Å². The van der Waals surface area contributed by atoms with Crippen LogP contribution in [0.1, 0.15) is 23.4 Å². The van der Waals surface area contributed by atoms with Crippen LogP contribution in [0.3, 0.4) is 0 Å². The Balaban J connectivity index is 2.03. The number of nitrogens with two attached hydrogens (primary N) is 1.